The first kappa shape index (κ1) is 24.1. The average molecular weight is 546 g/mol. The molecule has 1 saturated heterocycles. The van der Waals surface area contributed by atoms with Gasteiger partial charge in [-0.3, -0.25) is 14.5 Å². The maximum absolute atomic E-state index is 12.8. The molecule has 0 unspecified atom stereocenters. The van der Waals surface area contributed by atoms with Gasteiger partial charge in [0.05, 0.1) is 5.02 Å². The molecule has 0 radical (unpaired) electrons. The fourth-order valence-corrected chi connectivity index (χ4v) is 6.38. The van der Waals surface area contributed by atoms with E-state index in [1.54, 1.807) is 42.5 Å². The predicted molar refractivity (Wildman–Crippen MR) is 129 cm³/mol. The first-order chi connectivity index (χ1) is 15.7. The number of fused-ring (bicyclic) bond motifs is 1. The van der Waals surface area contributed by atoms with Crippen LogP contribution in [0.3, 0.4) is 0 Å². The van der Waals surface area contributed by atoms with Crippen molar-refractivity contribution in [2.45, 2.75) is 16.3 Å². The zero-order valence-corrected chi connectivity index (χ0v) is 20.5. The minimum atomic E-state index is -1.23. The third-order valence-electron chi connectivity index (χ3n) is 4.76. The zero-order valence-electron chi connectivity index (χ0n) is 16.6. The molecule has 12 heteroatoms. The topological polar surface area (TPSA) is 95.9 Å². The molecule has 2 aliphatic rings. The van der Waals surface area contributed by atoms with E-state index in [-0.39, 0.29) is 12.3 Å². The molecule has 4 rings (SSSR count). The largest absolute Gasteiger partial charge is 0.484 e. The first-order valence-electron chi connectivity index (χ1n) is 9.46. The number of hydrogen-bond donors (Lipinski definition) is 2. The fraction of sp³-hybridized carbons (Fsp3) is 0.190. The van der Waals surface area contributed by atoms with Gasteiger partial charge in [-0.1, -0.05) is 46.6 Å². The minimum Gasteiger partial charge on any atom is -0.484 e. The van der Waals surface area contributed by atoms with E-state index in [0.717, 1.165) is 11.8 Å². The Kier molecular flexibility index (Phi) is 7.35. The second-order valence-corrected chi connectivity index (χ2v) is 10.5. The molecule has 0 spiro atoms. The molecule has 2 aromatic rings. The number of carbonyl (C=O) groups is 3. The molecule has 7 nitrogen and oxygen atoms in total. The van der Waals surface area contributed by atoms with Gasteiger partial charge in [-0.25, -0.2) is 4.79 Å². The number of nitrogens with one attached hydrogen (secondary N) is 1. The Morgan fingerprint density at radius 3 is 2.55 bits per heavy atom. The molecular weight excluding hydrogens is 531 g/mol. The van der Waals surface area contributed by atoms with Crippen LogP contribution < -0.4 is 10.1 Å². The van der Waals surface area contributed by atoms with Crippen molar-refractivity contribution in [1.82, 2.24) is 10.2 Å². The molecule has 2 atom stereocenters. The number of aliphatic carboxylic acids is 1. The van der Waals surface area contributed by atoms with Crippen molar-refractivity contribution in [3.8, 4) is 5.75 Å². The van der Waals surface area contributed by atoms with Crippen molar-refractivity contribution in [3.63, 3.8) is 0 Å². The van der Waals surface area contributed by atoms with Gasteiger partial charge < -0.3 is 15.2 Å². The van der Waals surface area contributed by atoms with Crippen molar-refractivity contribution < 1.29 is 24.2 Å². The summed E-state index contributed by atoms with van der Waals surface area (Å²) in [7, 11) is 0. The Hall–Kier alpha value is -2.04. The van der Waals surface area contributed by atoms with Crippen LogP contribution in [0.15, 0.2) is 58.0 Å². The molecule has 2 amide bonds. The summed E-state index contributed by atoms with van der Waals surface area (Å²) in [6, 6.07) is 10.6. The Bertz CT molecular complexity index is 1160. The number of carboxylic acid groups (broad SMARTS) is 1. The van der Waals surface area contributed by atoms with E-state index in [9.17, 15) is 19.5 Å². The van der Waals surface area contributed by atoms with Crippen LogP contribution in [0.2, 0.25) is 15.1 Å². The standard InChI is InChI=1S/C21H15Cl3N2O5S2/c22-10-1-4-12(5-2-10)31-8-16(27)25-17-19(28)26-18(21(29)30)15(9-32-20(17)26)33-14-7-11(23)3-6-13(14)24/h1-7,17,20H,8-9H2,(H,25,27)(H,29,30)/t17-,20-/m1/s1. The summed E-state index contributed by atoms with van der Waals surface area (Å²) < 4.78 is 5.39. The highest BCUT2D eigenvalue weighted by atomic mass is 35.5. The lowest BCUT2D eigenvalue weighted by Gasteiger charge is -2.49. The zero-order chi connectivity index (χ0) is 23.7. The van der Waals surface area contributed by atoms with Gasteiger partial charge in [0, 0.05) is 25.6 Å². The van der Waals surface area contributed by atoms with Crippen LogP contribution in [0.4, 0.5) is 0 Å². The average Bonchev–Trinajstić information content (AvgIpc) is 2.79. The molecule has 2 heterocycles. The highest BCUT2D eigenvalue weighted by Gasteiger charge is 2.54. The van der Waals surface area contributed by atoms with Gasteiger partial charge in [0.15, 0.2) is 6.61 Å². The summed E-state index contributed by atoms with van der Waals surface area (Å²) in [4.78, 5) is 39.3. The number of amides is 2. The number of rotatable bonds is 7. The summed E-state index contributed by atoms with van der Waals surface area (Å²) in [5, 5.41) is 13.3. The monoisotopic (exact) mass is 544 g/mol. The number of carboxylic acids is 1. The van der Waals surface area contributed by atoms with Gasteiger partial charge in [-0.2, -0.15) is 0 Å². The summed E-state index contributed by atoms with van der Waals surface area (Å²) in [6.45, 7) is -0.293. The SMILES string of the molecule is O=C(COc1ccc(Cl)cc1)N[C@@H]1C(=O)N2C(C(=O)O)=C(Sc3cc(Cl)ccc3Cl)CS[C@H]12. The Labute approximate surface area is 212 Å². The summed E-state index contributed by atoms with van der Waals surface area (Å²) in [5.74, 6) is -1.43. The Morgan fingerprint density at radius 2 is 1.85 bits per heavy atom. The molecule has 2 aliphatic heterocycles. The van der Waals surface area contributed by atoms with Crippen molar-refractivity contribution in [3.05, 3.63) is 68.1 Å². The lowest BCUT2D eigenvalue weighted by atomic mass is 10.1. The second kappa shape index (κ2) is 10.1. The van der Waals surface area contributed by atoms with Crippen molar-refractivity contribution in [1.29, 1.82) is 0 Å². The van der Waals surface area contributed by atoms with E-state index in [1.807, 2.05) is 0 Å². The maximum atomic E-state index is 12.8. The number of hydrogen-bond acceptors (Lipinski definition) is 6. The van der Waals surface area contributed by atoms with E-state index in [1.165, 1.54) is 16.7 Å². The van der Waals surface area contributed by atoms with Gasteiger partial charge in [-0.15, -0.1) is 11.8 Å². The molecule has 0 aliphatic carbocycles. The number of ether oxygens (including phenoxy) is 1. The molecule has 172 valence electrons. The summed E-state index contributed by atoms with van der Waals surface area (Å²) in [6.07, 6.45) is 0. The van der Waals surface area contributed by atoms with Gasteiger partial charge in [-0.05, 0) is 42.5 Å². The van der Waals surface area contributed by atoms with Gasteiger partial charge in [0.1, 0.15) is 22.9 Å². The summed E-state index contributed by atoms with van der Waals surface area (Å²) >= 11 is 20.6. The van der Waals surface area contributed by atoms with Gasteiger partial charge in [0.2, 0.25) is 0 Å². The van der Waals surface area contributed by atoms with E-state index in [2.05, 4.69) is 5.32 Å². The van der Waals surface area contributed by atoms with Crippen molar-refractivity contribution in [2.75, 3.05) is 12.4 Å². The van der Waals surface area contributed by atoms with E-state index in [0.29, 0.717) is 36.4 Å². The van der Waals surface area contributed by atoms with Crippen LogP contribution in [0.25, 0.3) is 0 Å². The third kappa shape index (κ3) is 5.22. The number of nitrogens with zero attached hydrogens (tertiary/aromatic N) is 1. The van der Waals surface area contributed by atoms with Crippen LogP contribution in [-0.2, 0) is 14.4 Å². The number of thioether (sulfide) groups is 2. The highest BCUT2D eigenvalue weighted by molar-refractivity contribution is 8.06. The molecule has 0 aromatic heterocycles. The minimum absolute atomic E-state index is 0.118. The third-order valence-corrected chi connectivity index (χ3v) is 8.30. The lowest BCUT2D eigenvalue weighted by Crippen LogP contribution is -2.70. The van der Waals surface area contributed by atoms with Crippen molar-refractivity contribution >= 4 is 76.1 Å². The molecule has 1 fully saturated rings. The molecule has 0 saturated carbocycles. The van der Waals surface area contributed by atoms with Gasteiger partial charge >= 0.3 is 5.97 Å². The van der Waals surface area contributed by atoms with E-state index < -0.39 is 29.2 Å². The van der Waals surface area contributed by atoms with Crippen LogP contribution >= 0.6 is 58.3 Å². The Balaban J connectivity index is 1.44. The molecule has 2 aromatic carbocycles. The van der Waals surface area contributed by atoms with E-state index in [4.69, 9.17) is 39.5 Å². The number of halogens is 3. The van der Waals surface area contributed by atoms with E-state index >= 15 is 0 Å². The highest BCUT2D eigenvalue weighted by Crippen LogP contribution is 2.46. The molecule has 33 heavy (non-hydrogen) atoms. The summed E-state index contributed by atoms with van der Waals surface area (Å²) in [5.41, 5.74) is -0.118. The van der Waals surface area contributed by atoms with Gasteiger partial charge in [0.25, 0.3) is 11.8 Å². The first-order valence-corrected chi connectivity index (χ1v) is 12.5. The second-order valence-electron chi connectivity index (χ2n) is 6.95. The molecular formula is C21H15Cl3N2O5S2. The van der Waals surface area contributed by atoms with Crippen molar-refractivity contribution in [2.24, 2.45) is 0 Å². The lowest BCUT2D eigenvalue weighted by molar-refractivity contribution is -0.150. The number of carbonyl (C=O) groups excluding carboxylic acids is 2. The fourth-order valence-electron chi connectivity index (χ4n) is 3.25. The maximum Gasteiger partial charge on any atom is 0.353 e. The van der Waals surface area contributed by atoms with Crippen LogP contribution in [0.1, 0.15) is 0 Å². The smallest absolute Gasteiger partial charge is 0.353 e. The van der Waals surface area contributed by atoms with Crippen LogP contribution in [0.5, 0.6) is 5.75 Å². The number of benzene rings is 2. The van der Waals surface area contributed by atoms with Crippen LogP contribution in [0, 0.1) is 0 Å². The predicted octanol–water partition coefficient (Wildman–Crippen LogP) is 4.51. The molecule has 0 bridgehead atoms. The normalized spacial score (nSPS) is 19.6. The van der Waals surface area contributed by atoms with Crippen LogP contribution in [-0.4, -0.2) is 51.6 Å². The quantitative estimate of drug-likeness (QED) is 0.494. The molecule has 2 N–H and O–H groups in total. The number of β-lactam (4-membered cyclic amide) rings is 1. The Morgan fingerprint density at radius 1 is 1.15 bits per heavy atom.